The standard InChI is InChI=1S/C21H24FN3O2/c22-18-8-4-6-16(14-18)11-12-23-20(26)17-7-5-13-25(15-17)21(27)24-19-9-2-1-3-10-19/h1-4,6,8-10,14,17H,5,7,11-13,15H2,(H,23,26)(H,24,27). The molecule has 1 atom stereocenters. The molecule has 0 saturated carbocycles. The van der Waals surface area contributed by atoms with Gasteiger partial charge in [0.15, 0.2) is 0 Å². The number of nitrogens with one attached hydrogen (secondary N) is 2. The number of benzene rings is 2. The number of carbonyl (C=O) groups is 2. The van der Waals surface area contributed by atoms with E-state index in [1.54, 1.807) is 11.0 Å². The van der Waals surface area contributed by atoms with Crippen LogP contribution >= 0.6 is 0 Å². The average Bonchev–Trinajstić information content (AvgIpc) is 2.69. The Labute approximate surface area is 158 Å². The van der Waals surface area contributed by atoms with Crippen molar-refractivity contribution < 1.29 is 14.0 Å². The Morgan fingerprint density at radius 1 is 1.11 bits per heavy atom. The van der Waals surface area contributed by atoms with Gasteiger partial charge >= 0.3 is 6.03 Å². The van der Waals surface area contributed by atoms with Crippen LogP contribution < -0.4 is 10.6 Å². The first-order chi connectivity index (χ1) is 13.1. The zero-order valence-corrected chi connectivity index (χ0v) is 15.2. The Bertz CT molecular complexity index is 782. The van der Waals surface area contributed by atoms with Crippen LogP contribution in [0.15, 0.2) is 54.6 Å². The van der Waals surface area contributed by atoms with Crippen molar-refractivity contribution in [3.63, 3.8) is 0 Å². The van der Waals surface area contributed by atoms with Crippen LogP contribution in [0.25, 0.3) is 0 Å². The van der Waals surface area contributed by atoms with Crippen LogP contribution in [0.3, 0.4) is 0 Å². The van der Waals surface area contributed by atoms with Gasteiger partial charge in [0.25, 0.3) is 0 Å². The average molecular weight is 369 g/mol. The van der Waals surface area contributed by atoms with Gasteiger partial charge in [-0.15, -0.1) is 0 Å². The van der Waals surface area contributed by atoms with Crippen molar-refractivity contribution in [1.82, 2.24) is 10.2 Å². The van der Waals surface area contributed by atoms with Gasteiger partial charge < -0.3 is 15.5 Å². The number of urea groups is 1. The van der Waals surface area contributed by atoms with Crippen molar-refractivity contribution in [2.45, 2.75) is 19.3 Å². The third kappa shape index (κ3) is 5.54. The van der Waals surface area contributed by atoms with Gasteiger partial charge in [-0.2, -0.15) is 0 Å². The molecule has 2 N–H and O–H groups in total. The first-order valence-electron chi connectivity index (χ1n) is 9.25. The summed E-state index contributed by atoms with van der Waals surface area (Å²) in [7, 11) is 0. The summed E-state index contributed by atoms with van der Waals surface area (Å²) < 4.78 is 13.2. The molecule has 1 heterocycles. The summed E-state index contributed by atoms with van der Waals surface area (Å²) in [6.07, 6.45) is 2.14. The molecule has 0 aromatic heterocycles. The van der Waals surface area contributed by atoms with Gasteiger partial charge in [0.2, 0.25) is 5.91 Å². The number of halogens is 1. The largest absolute Gasteiger partial charge is 0.355 e. The van der Waals surface area contributed by atoms with E-state index in [4.69, 9.17) is 0 Å². The molecule has 1 unspecified atom stereocenters. The second-order valence-corrected chi connectivity index (χ2v) is 6.75. The van der Waals surface area contributed by atoms with Gasteiger partial charge in [-0.05, 0) is 49.1 Å². The highest BCUT2D eigenvalue weighted by Crippen LogP contribution is 2.18. The highest BCUT2D eigenvalue weighted by Gasteiger charge is 2.28. The Morgan fingerprint density at radius 3 is 2.70 bits per heavy atom. The van der Waals surface area contributed by atoms with Crippen LogP contribution in [-0.2, 0) is 11.2 Å². The lowest BCUT2D eigenvalue weighted by atomic mass is 9.97. The third-order valence-corrected chi connectivity index (χ3v) is 4.71. The zero-order chi connectivity index (χ0) is 19.1. The summed E-state index contributed by atoms with van der Waals surface area (Å²) in [5.41, 5.74) is 1.59. The molecule has 1 saturated heterocycles. The summed E-state index contributed by atoms with van der Waals surface area (Å²) in [5, 5.41) is 5.77. The number of anilines is 1. The highest BCUT2D eigenvalue weighted by molar-refractivity contribution is 5.90. The van der Waals surface area contributed by atoms with Crippen molar-refractivity contribution in [3.8, 4) is 0 Å². The van der Waals surface area contributed by atoms with E-state index in [1.807, 2.05) is 36.4 Å². The maximum Gasteiger partial charge on any atom is 0.321 e. The molecule has 27 heavy (non-hydrogen) atoms. The SMILES string of the molecule is O=C(NCCc1cccc(F)c1)C1CCCN(C(=O)Nc2ccccc2)C1. The second-order valence-electron chi connectivity index (χ2n) is 6.75. The van der Waals surface area contributed by atoms with Gasteiger partial charge in [0, 0.05) is 25.3 Å². The van der Waals surface area contributed by atoms with Gasteiger partial charge in [-0.25, -0.2) is 9.18 Å². The highest BCUT2D eigenvalue weighted by atomic mass is 19.1. The quantitative estimate of drug-likeness (QED) is 0.848. The fourth-order valence-electron chi connectivity index (χ4n) is 3.27. The summed E-state index contributed by atoms with van der Waals surface area (Å²) in [5.74, 6) is -0.539. The van der Waals surface area contributed by atoms with E-state index >= 15 is 0 Å². The molecule has 3 rings (SSSR count). The fourth-order valence-corrected chi connectivity index (χ4v) is 3.27. The van der Waals surface area contributed by atoms with Crippen molar-refractivity contribution in [3.05, 3.63) is 66.0 Å². The number of rotatable bonds is 5. The van der Waals surface area contributed by atoms with Gasteiger partial charge in [0.05, 0.1) is 5.92 Å². The lowest BCUT2D eigenvalue weighted by Crippen LogP contribution is -2.47. The Kier molecular flexibility index (Phi) is 6.41. The molecule has 2 aromatic rings. The maximum absolute atomic E-state index is 13.2. The third-order valence-electron chi connectivity index (χ3n) is 4.71. The van der Waals surface area contributed by atoms with Crippen molar-refractivity contribution >= 4 is 17.6 Å². The molecule has 0 aliphatic carbocycles. The van der Waals surface area contributed by atoms with Crippen molar-refractivity contribution in [1.29, 1.82) is 0 Å². The van der Waals surface area contributed by atoms with Crippen LogP contribution in [0.2, 0.25) is 0 Å². The monoisotopic (exact) mass is 369 g/mol. The molecule has 0 spiro atoms. The number of amides is 3. The zero-order valence-electron chi connectivity index (χ0n) is 15.2. The molecular weight excluding hydrogens is 345 g/mol. The van der Waals surface area contributed by atoms with Gasteiger partial charge in [-0.1, -0.05) is 30.3 Å². The smallest absolute Gasteiger partial charge is 0.321 e. The summed E-state index contributed by atoms with van der Waals surface area (Å²) in [4.78, 5) is 26.5. The first-order valence-corrected chi connectivity index (χ1v) is 9.25. The van der Waals surface area contributed by atoms with Crippen LogP contribution in [0.4, 0.5) is 14.9 Å². The van der Waals surface area contributed by atoms with E-state index in [-0.39, 0.29) is 23.7 Å². The Balaban J connectivity index is 1.46. The van der Waals surface area contributed by atoms with E-state index in [0.717, 1.165) is 24.1 Å². The fraction of sp³-hybridized carbons (Fsp3) is 0.333. The first kappa shape index (κ1) is 18.9. The summed E-state index contributed by atoms with van der Waals surface area (Å²) in [6, 6.07) is 15.5. The molecular formula is C21H24FN3O2. The van der Waals surface area contributed by atoms with E-state index in [2.05, 4.69) is 10.6 Å². The summed E-state index contributed by atoms with van der Waals surface area (Å²) >= 11 is 0. The van der Waals surface area contributed by atoms with Gasteiger partial charge in [-0.3, -0.25) is 4.79 Å². The molecule has 1 aliphatic heterocycles. The van der Waals surface area contributed by atoms with E-state index in [9.17, 15) is 14.0 Å². The molecule has 1 aliphatic rings. The van der Waals surface area contributed by atoms with Crippen LogP contribution in [-0.4, -0.2) is 36.5 Å². The number of nitrogens with zero attached hydrogens (tertiary/aromatic N) is 1. The molecule has 3 amide bonds. The minimum Gasteiger partial charge on any atom is -0.355 e. The number of piperidine rings is 1. The number of likely N-dealkylation sites (tertiary alicyclic amines) is 1. The molecule has 5 nitrogen and oxygen atoms in total. The Morgan fingerprint density at radius 2 is 1.93 bits per heavy atom. The van der Waals surface area contributed by atoms with E-state index in [0.29, 0.717) is 26.1 Å². The second kappa shape index (κ2) is 9.16. The number of hydrogen-bond acceptors (Lipinski definition) is 2. The molecule has 0 bridgehead atoms. The number of hydrogen-bond donors (Lipinski definition) is 2. The molecule has 1 fully saturated rings. The molecule has 142 valence electrons. The predicted molar refractivity (Wildman–Crippen MR) is 103 cm³/mol. The van der Waals surface area contributed by atoms with E-state index in [1.165, 1.54) is 12.1 Å². The normalized spacial score (nSPS) is 16.6. The predicted octanol–water partition coefficient (Wildman–Crippen LogP) is 3.43. The lowest BCUT2D eigenvalue weighted by molar-refractivity contribution is -0.126. The van der Waals surface area contributed by atoms with Crippen LogP contribution in [0.5, 0.6) is 0 Å². The Hall–Kier alpha value is -2.89. The minimum atomic E-state index is -0.272. The van der Waals surface area contributed by atoms with Crippen LogP contribution in [0.1, 0.15) is 18.4 Å². The molecule has 2 aromatic carbocycles. The van der Waals surface area contributed by atoms with Crippen LogP contribution in [0, 0.1) is 11.7 Å². The number of para-hydroxylation sites is 1. The summed E-state index contributed by atoms with van der Waals surface area (Å²) in [6.45, 7) is 1.51. The minimum absolute atomic E-state index is 0.0522. The molecule has 0 radical (unpaired) electrons. The van der Waals surface area contributed by atoms with Gasteiger partial charge in [0.1, 0.15) is 5.82 Å². The lowest BCUT2D eigenvalue weighted by Gasteiger charge is -2.32. The topological polar surface area (TPSA) is 61.4 Å². The molecule has 6 heteroatoms. The maximum atomic E-state index is 13.2. The van der Waals surface area contributed by atoms with Crippen molar-refractivity contribution in [2.75, 3.05) is 25.0 Å². The number of carbonyl (C=O) groups excluding carboxylic acids is 2. The van der Waals surface area contributed by atoms with E-state index < -0.39 is 0 Å². The van der Waals surface area contributed by atoms with Crippen molar-refractivity contribution in [2.24, 2.45) is 5.92 Å².